The van der Waals surface area contributed by atoms with Crippen molar-refractivity contribution in [2.24, 2.45) is 0 Å². The summed E-state index contributed by atoms with van der Waals surface area (Å²) in [5, 5.41) is 4.54. The molecule has 0 radical (unpaired) electrons. The lowest BCUT2D eigenvalue weighted by molar-refractivity contribution is 0.668. The number of hydrogen-bond acceptors (Lipinski definition) is 3. The standard InChI is InChI=1S/C46H29N3O/c1-4-13-30(14-5-1)33-23-26-42-38(27-33)35-19-10-11-21-41(35)49(42)34-24-25-37-44(28-34)50-43-22-12-20-36(45(37)43)40-29-39(31-15-6-2-7-16-31)47-46(48-40)32-17-8-3-9-18-32/h1-29H. The van der Waals surface area contributed by atoms with Crippen molar-refractivity contribution in [3.8, 4) is 50.7 Å². The number of furan rings is 1. The molecule has 0 saturated heterocycles. The Balaban J connectivity index is 1.15. The molecule has 0 unspecified atom stereocenters. The Bertz CT molecular complexity index is 2800. The number of aromatic nitrogens is 3. The van der Waals surface area contributed by atoms with Crippen LogP contribution < -0.4 is 0 Å². The smallest absolute Gasteiger partial charge is 0.160 e. The van der Waals surface area contributed by atoms with Gasteiger partial charge in [0.25, 0.3) is 0 Å². The van der Waals surface area contributed by atoms with E-state index in [9.17, 15) is 0 Å². The molecule has 234 valence electrons. The summed E-state index contributed by atoms with van der Waals surface area (Å²) >= 11 is 0. The van der Waals surface area contributed by atoms with Crippen LogP contribution in [-0.4, -0.2) is 14.5 Å². The molecule has 10 rings (SSSR count). The maximum absolute atomic E-state index is 6.63. The van der Waals surface area contributed by atoms with E-state index in [2.05, 4.69) is 132 Å². The lowest BCUT2D eigenvalue weighted by atomic mass is 10.0. The normalized spacial score (nSPS) is 11.6. The highest BCUT2D eigenvalue weighted by molar-refractivity contribution is 6.14. The van der Waals surface area contributed by atoms with Gasteiger partial charge < -0.3 is 8.98 Å². The summed E-state index contributed by atoms with van der Waals surface area (Å²) in [5.41, 5.74) is 12.2. The van der Waals surface area contributed by atoms with E-state index in [1.54, 1.807) is 0 Å². The highest BCUT2D eigenvalue weighted by Crippen LogP contribution is 2.40. The summed E-state index contributed by atoms with van der Waals surface area (Å²) in [7, 11) is 0. The molecule has 0 amide bonds. The fourth-order valence-electron chi connectivity index (χ4n) is 7.29. The minimum absolute atomic E-state index is 0.691. The molecule has 7 aromatic carbocycles. The first kappa shape index (κ1) is 28.3. The summed E-state index contributed by atoms with van der Waals surface area (Å²) < 4.78 is 8.97. The Morgan fingerprint density at radius 2 is 1.08 bits per heavy atom. The van der Waals surface area contributed by atoms with Gasteiger partial charge in [0, 0.05) is 50.0 Å². The molecule has 0 atom stereocenters. The van der Waals surface area contributed by atoms with Crippen LogP contribution in [0.25, 0.3) is 94.5 Å². The molecule has 4 nitrogen and oxygen atoms in total. The predicted molar refractivity (Wildman–Crippen MR) is 205 cm³/mol. The van der Waals surface area contributed by atoms with Gasteiger partial charge >= 0.3 is 0 Å². The highest BCUT2D eigenvalue weighted by Gasteiger charge is 2.19. The van der Waals surface area contributed by atoms with Crippen LogP contribution in [0.2, 0.25) is 0 Å². The van der Waals surface area contributed by atoms with Gasteiger partial charge in [-0.25, -0.2) is 9.97 Å². The van der Waals surface area contributed by atoms with E-state index in [1.807, 2.05) is 48.5 Å². The molecular weight excluding hydrogens is 611 g/mol. The topological polar surface area (TPSA) is 43.9 Å². The Hall–Kier alpha value is -6.78. The van der Waals surface area contributed by atoms with Gasteiger partial charge in [0.1, 0.15) is 11.2 Å². The highest BCUT2D eigenvalue weighted by atomic mass is 16.3. The second kappa shape index (κ2) is 11.4. The quantitative estimate of drug-likeness (QED) is 0.188. The first-order chi connectivity index (χ1) is 24.8. The summed E-state index contributed by atoms with van der Waals surface area (Å²) in [4.78, 5) is 10.1. The molecule has 3 aromatic heterocycles. The van der Waals surface area contributed by atoms with Crippen molar-refractivity contribution < 1.29 is 4.42 Å². The van der Waals surface area contributed by atoms with E-state index in [4.69, 9.17) is 14.4 Å². The van der Waals surface area contributed by atoms with Gasteiger partial charge in [0.05, 0.1) is 22.4 Å². The van der Waals surface area contributed by atoms with Crippen molar-refractivity contribution in [1.82, 2.24) is 14.5 Å². The number of rotatable bonds is 5. The molecule has 0 fully saturated rings. The zero-order valence-corrected chi connectivity index (χ0v) is 27.0. The van der Waals surface area contributed by atoms with Gasteiger partial charge in [-0.1, -0.05) is 127 Å². The average molecular weight is 640 g/mol. The van der Waals surface area contributed by atoms with E-state index >= 15 is 0 Å². The van der Waals surface area contributed by atoms with Gasteiger partial charge in [0.15, 0.2) is 5.82 Å². The molecular formula is C46H29N3O. The molecule has 0 aliphatic rings. The Morgan fingerprint density at radius 3 is 1.88 bits per heavy atom. The third-order valence-corrected chi connectivity index (χ3v) is 9.62. The zero-order chi connectivity index (χ0) is 33.0. The van der Waals surface area contributed by atoms with Gasteiger partial charge in [-0.15, -0.1) is 0 Å². The number of hydrogen-bond donors (Lipinski definition) is 0. The lowest BCUT2D eigenvalue weighted by Crippen LogP contribution is -1.96. The SMILES string of the molecule is c1ccc(-c2ccc3c(c2)c2ccccc2n3-c2ccc3c(c2)oc2cccc(-c4cc(-c5ccccc5)nc(-c5ccccc5)n4)c23)cc1. The van der Waals surface area contributed by atoms with E-state index in [-0.39, 0.29) is 0 Å². The largest absolute Gasteiger partial charge is 0.456 e. The lowest BCUT2D eigenvalue weighted by Gasteiger charge is -2.10. The van der Waals surface area contributed by atoms with Crippen molar-refractivity contribution in [3.63, 3.8) is 0 Å². The fraction of sp³-hybridized carbons (Fsp3) is 0. The van der Waals surface area contributed by atoms with E-state index in [1.165, 1.54) is 21.9 Å². The number of para-hydroxylation sites is 1. The van der Waals surface area contributed by atoms with Gasteiger partial charge in [-0.05, 0) is 53.6 Å². The van der Waals surface area contributed by atoms with Crippen molar-refractivity contribution in [2.45, 2.75) is 0 Å². The van der Waals surface area contributed by atoms with Crippen molar-refractivity contribution in [1.29, 1.82) is 0 Å². The van der Waals surface area contributed by atoms with Crippen LogP contribution in [0.5, 0.6) is 0 Å². The van der Waals surface area contributed by atoms with Crippen LogP contribution >= 0.6 is 0 Å². The predicted octanol–water partition coefficient (Wildman–Crippen LogP) is 12.1. The molecule has 0 saturated carbocycles. The Kier molecular flexibility index (Phi) is 6.46. The molecule has 0 N–H and O–H groups in total. The zero-order valence-electron chi connectivity index (χ0n) is 27.0. The second-order valence-corrected chi connectivity index (χ2v) is 12.6. The van der Waals surface area contributed by atoms with E-state index in [0.29, 0.717) is 5.82 Å². The van der Waals surface area contributed by atoms with Crippen LogP contribution in [0.4, 0.5) is 0 Å². The fourth-order valence-corrected chi connectivity index (χ4v) is 7.29. The third-order valence-electron chi connectivity index (χ3n) is 9.62. The van der Waals surface area contributed by atoms with Crippen molar-refractivity contribution >= 4 is 43.7 Å². The first-order valence-electron chi connectivity index (χ1n) is 16.8. The van der Waals surface area contributed by atoms with Crippen LogP contribution in [-0.2, 0) is 0 Å². The molecule has 0 aliphatic carbocycles. The minimum atomic E-state index is 0.691. The summed E-state index contributed by atoms with van der Waals surface area (Å²) in [6.45, 7) is 0. The van der Waals surface area contributed by atoms with E-state index in [0.717, 1.165) is 66.7 Å². The summed E-state index contributed by atoms with van der Waals surface area (Å²) in [6, 6.07) is 61.3. The van der Waals surface area contributed by atoms with Gasteiger partial charge in [0.2, 0.25) is 0 Å². The summed E-state index contributed by atoms with van der Waals surface area (Å²) in [5.74, 6) is 0.691. The molecule has 3 heterocycles. The Labute approximate surface area is 288 Å². The molecule has 10 aromatic rings. The maximum Gasteiger partial charge on any atom is 0.160 e. The van der Waals surface area contributed by atoms with Gasteiger partial charge in [-0.3, -0.25) is 0 Å². The Morgan fingerprint density at radius 1 is 0.400 bits per heavy atom. The number of benzene rings is 7. The van der Waals surface area contributed by atoms with Crippen LogP contribution in [0, 0.1) is 0 Å². The molecule has 0 spiro atoms. The summed E-state index contributed by atoms with van der Waals surface area (Å²) in [6.07, 6.45) is 0. The van der Waals surface area contributed by atoms with Crippen LogP contribution in [0.15, 0.2) is 180 Å². The molecule has 4 heteroatoms. The number of fused-ring (bicyclic) bond motifs is 6. The van der Waals surface area contributed by atoms with Crippen molar-refractivity contribution in [2.75, 3.05) is 0 Å². The van der Waals surface area contributed by atoms with Gasteiger partial charge in [-0.2, -0.15) is 0 Å². The van der Waals surface area contributed by atoms with Crippen LogP contribution in [0.3, 0.4) is 0 Å². The maximum atomic E-state index is 6.63. The monoisotopic (exact) mass is 639 g/mol. The molecule has 0 bridgehead atoms. The third kappa shape index (κ3) is 4.61. The number of nitrogens with zero attached hydrogens (tertiary/aromatic N) is 3. The van der Waals surface area contributed by atoms with Crippen molar-refractivity contribution in [3.05, 3.63) is 176 Å². The second-order valence-electron chi connectivity index (χ2n) is 12.6. The minimum Gasteiger partial charge on any atom is -0.456 e. The van der Waals surface area contributed by atoms with Crippen LogP contribution in [0.1, 0.15) is 0 Å². The molecule has 0 aliphatic heterocycles. The van der Waals surface area contributed by atoms with E-state index < -0.39 is 0 Å². The molecule has 50 heavy (non-hydrogen) atoms. The average Bonchev–Trinajstić information content (AvgIpc) is 3.74. The first-order valence-corrected chi connectivity index (χ1v) is 16.8.